The van der Waals surface area contributed by atoms with Gasteiger partial charge in [0.15, 0.2) is 0 Å². The average molecular weight is 201 g/mol. The summed E-state index contributed by atoms with van der Waals surface area (Å²) in [5, 5.41) is 0. The third-order valence-electron chi connectivity index (χ3n) is 1.51. The maximum Gasteiger partial charge on any atom is 0.322 e. The van der Waals surface area contributed by atoms with Crippen molar-refractivity contribution in [2.75, 3.05) is 7.11 Å². The van der Waals surface area contributed by atoms with Gasteiger partial charge >= 0.3 is 5.97 Å². The van der Waals surface area contributed by atoms with Crippen molar-refractivity contribution < 1.29 is 9.53 Å². The molecule has 0 aliphatic carbocycles. The molecule has 0 aliphatic rings. The number of carbonyl (C=O) groups excluding carboxylic acids is 1. The second kappa shape index (κ2) is 5.19. The molecule has 1 atom stereocenters. The second-order valence-electron chi connectivity index (χ2n) is 4.13. The number of esters is 1. The molecule has 2 N–H and O–H groups in total. The highest BCUT2D eigenvalue weighted by atomic mass is 28.3. The zero-order valence-electron chi connectivity index (χ0n) is 8.83. The van der Waals surface area contributed by atoms with Crippen LogP contribution in [0.5, 0.6) is 0 Å². The van der Waals surface area contributed by atoms with E-state index >= 15 is 0 Å². The van der Waals surface area contributed by atoms with E-state index in [1.54, 1.807) is 0 Å². The molecule has 0 aromatic rings. The lowest BCUT2D eigenvalue weighted by Gasteiger charge is -2.09. The second-order valence-corrected chi connectivity index (χ2v) is 9.20. The average Bonchev–Trinajstić information content (AvgIpc) is 2.00. The molecule has 0 aromatic heterocycles. The fourth-order valence-electron chi connectivity index (χ4n) is 0.816. The molecule has 0 bridgehead atoms. The molecule has 0 aromatic carbocycles. The predicted octanol–water partition coefficient (Wildman–Crippen LogP) is 1.31. The molecule has 0 radical (unpaired) electrons. The highest BCUT2D eigenvalue weighted by molar-refractivity contribution is 6.80. The van der Waals surface area contributed by atoms with Gasteiger partial charge < -0.3 is 10.5 Å². The van der Waals surface area contributed by atoms with Crippen molar-refractivity contribution >= 4 is 14.0 Å². The summed E-state index contributed by atoms with van der Waals surface area (Å²) in [6.07, 6.45) is 2.55. The van der Waals surface area contributed by atoms with Crippen molar-refractivity contribution in [2.24, 2.45) is 5.73 Å². The zero-order chi connectivity index (χ0) is 10.5. The molecule has 0 saturated heterocycles. The van der Waals surface area contributed by atoms with E-state index in [0.29, 0.717) is 6.42 Å². The van der Waals surface area contributed by atoms with Crippen molar-refractivity contribution in [2.45, 2.75) is 32.1 Å². The first-order chi connectivity index (χ1) is 5.87. The smallest absolute Gasteiger partial charge is 0.322 e. The standard InChI is InChI=1S/C9H19NO2Si/c1-12-9(11)8(10)6-5-7-13(2,3)4/h5,7-8H,6,10H2,1-4H3/b7-5-. The van der Waals surface area contributed by atoms with Crippen molar-refractivity contribution in [3.8, 4) is 0 Å². The molecule has 0 heterocycles. The van der Waals surface area contributed by atoms with E-state index in [1.165, 1.54) is 7.11 Å². The van der Waals surface area contributed by atoms with Crippen LogP contribution >= 0.6 is 0 Å². The van der Waals surface area contributed by atoms with Crippen LogP contribution in [0.15, 0.2) is 11.8 Å². The largest absolute Gasteiger partial charge is 0.468 e. The Morgan fingerprint density at radius 3 is 2.46 bits per heavy atom. The summed E-state index contributed by atoms with van der Waals surface area (Å²) in [5.74, 6) is -0.347. The normalized spacial score (nSPS) is 14.5. The van der Waals surface area contributed by atoms with Crippen LogP contribution in [0.3, 0.4) is 0 Å². The number of rotatable bonds is 4. The van der Waals surface area contributed by atoms with E-state index in [2.05, 4.69) is 30.1 Å². The molecule has 0 spiro atoms. The summed E-state index contributed by atoms with van der Waals surface area (Å²) in [7, 11) is 0.194. The van der Waals surface area contributed by atoms with E-state index in [-0.39, 0.29) is 5.97 Å². The Kier molecular flexibility index (Phi) is 4.94. The first-order valence-corrected chi connectivity index (χ1v) is 7.95. The van der Waals surface area contributed by atoms with Gasteiger partial charge in [0.2, 0.25) is 0 Å². The maximum atomic E-state index is 10.9. The number of nitrogens with two attached hydrogens (primary N) is 1. The Balaban J connectivity index is 3.89. The third-order valence-corrected chi connectivity index (χ3v) is 2.75. The lowest BCUT2D eigenvalue weighted by molar-refractivity contribution is -0.142. The van der Waals surface area contributed by atoms with Gasteiger partial charge in [-0.05, 0) is 6.42 Å². The summed E-state index contributed by atoms with van der Waals surface area (Å²) >= 11 is 0. The molecule has 0 rings (SSSR count). The number of methoxy groups -OCH3 is 1. The van der Waals surface area contributed by atoms with E-state index in [0.717, 1.165) is 0 Å². The minimum absolute atomic E-state index is 0.347. The van der Waals surface area contributed by atoms with Crippen molar-refractivity contribution in [3.05, 3.63) is 11.8 Å². The van der Waals surface area contributed by atoms with Crippen LogP contribution in [0.4, 0.5) is 0 Å². The van der Waals surface area contributed by atoms with Gasteiger partial charge in [0.05, 0.1) is 15.2 Å². The number of carbonyl (C=O) groups is 1. The van der Waals surface area contributed by atoms with Crippen LogP contribution in [0.1, 0.15) is 6.42 Å². The Morgan fingerprint density at radius 1 is 1.54 bits per heavy atom. The molecule has 1 unspecified atom stereocenters. The number of hydrogen-bond acceptors (Lipinski definition) is 3. The van der Waals surface area contributed by atoms with Crippen LogP contribution in [0, 0.1) is 0 Å². The van der Waals surface area contributed by atoms with Gasteiger partial charge in [-0.1, -0.05) is 31.4 Å². The zero-order valence-corrected chi connectivity index (χ0v) is 9.83. The Hall–Kier alpha value is -0.613. The molecule has 3 nitrogen and oxygen atoms in total. The van der Waals surface area contributed by atoms with Crippen molar-refractivity contribution in [1.29, 1.82) is 0 Å². The molecule has 13 heavy (non-hydrogen) atoms. The SMILES string of the molecule is COC(=O)C(N)C/C=C\[Si](C)(C)C. The van der Waals surface area contributed by atoms with E-state index < -0.39 is 14.1 Å². The molecular formula is C9H19NO2Si. The van der Waals surface area contributed by atoms with E-state index in [1.807, 2.05) is 6.08 Å². The molecule has 0 saturated carbocycles. The van der Waals surface area contributed by atoms with E-state index in [4.69, 9.17) is 5.73 Å². The van der Waals surface area contributed by atoms with Gasteiger partial charge in [0, 0.05) is 0 Å². The minimum Gasteiger partial charge on any atom is -0.468 e. The molecule has 76 valence electrons. The number of hydrogen-bond donors (Lipinski definition) is 1. The lowest BCUT2D eigenvalue weighted by atomic mass is 10.2. The highest BCUT2D eigenvalue weighted by Crippen LogP contribution is 2.03. The summed E-state index contributed by atoms with van der Waals surface area (Å²) in [6.45, 7) is 6.69. The van der Waals surface area contributed by atoms with Crippen LogP contribution in [-0.2, 0) is 9.53 Å². The van der Waals surface area contributed by atoms with Crippen molar-refractivity contribution in [3.63, 3.8) is 0 Å². The van der Waals surface area contributed by atoms with Crippen molar-refractivity contribution in [1.82, 2.24) is 0 Å². The predicted molar refractivity (Wildman–Crippen MR) is 57.1 cm³/mol. The van der Waals surface area contributed by atoms with Gasteiger partial charge in [-0.3, -0.25) is 4.79 Å². The first-order valence-electron chi connectivity index (χ1n) is 4.38. The lowest BCUT2D eigenvalue weighted by Crippen LogP contribution is -2.31. The quantitative estimate of drug-likeness (QED) is 0.551. The van der Waals surface area contributed by atoms with Gasteiger partial charge in [-0.2, -0.15) is 0 Å². The van der Waals surface area contributed by atoms with Crippen LogP contribution in [0.25, 0.3) is 0 Å². The van der Waals surface area contributed by atoms with E-state index in [9.17, 15) is 4.79 Å². The van der Waals surface area contributed by atoms with Gasteiger partial charge in [-0.25, -0.2) is 0 Å². The Morgan fingerprint density at radius 2 is 2.08 bits per heavy atom. The summed E-state index contributed by atoms with van der Waals surface area (Å²) in [5.41, 5.74) is 7.72. The third kappa shape index (κ3) is 6.54. The topological polar surface area (TPSA) is 52.3 Å². The molecular weight excluding hydrogens is 182 g/mol. The fraction of sp³-hybridized carbons (Fsp3) is 0.667. The van der Waals surface area contributed by atoms with Gasteiger partial charge in [0.1, 0.15) is 6.04 Å². The minimum atomic E-state index is -1.16. The Bertz CT molecular complexity index is 196. The maximum absolute atomic E-state index is 10.9. The molecule has 0 aliphatic heterocycles. The fourth-order valence-corrected chi connectivity index (χ4v) is 1.66. The van der Waals surface area contributed by atoms with Gasteiger partial charge in [0.25, 0.3) is 0 Å². The first kappa shape index (κ1) is 12.4. The summed E-state index contributed by atoms with van der Waals surface area (Å²) < 4.78 is 4.51. The summed E-state index contributed by atoms with van der Waals surface area (Å²) in [6, 6.07) is -0.516. The Labute approximate surface area is 81.0 Å². The number of ether oxygens (including phenoxy) is 1. The monoisotopic (exact) mass is 201 g/mol. The van der Waals surface area contributed by atoms with Crippen LogP contribution in [0.2, 0.25) is 19.6 Å². The summed E-state index contributed by atoms with van der Waals surface area (Å²) in [4.78, 5) is 10.9. The van der Waals surface area contributed by atoms with Crippen LogP contribution in [-0.4, -0.2) is 27.2 Å². The van der Waals surface area contributed by atoms with Crippen LogP contribution < -0.4 is 5.73 Å². The molecule has 4 heteroatoms. The highest BCUT2D eigenvalue weighted by Gasteiger charge is 2.12. The molecule has 0 fully saturated rings. The van der Waals surface area contributed by atoms with Gasteiger partial charge in [-0.15, -0.1) is 0 Å². The molecule has 0 amide bonds.